The van der Waals surface area contributed by atoms with Gasteiger partial charge in [-0.25, -0.2) is 8.42 Å². The summed E-state index contributed by atoms with van der Waals surface area (Å²) in [5.74, 6) is -4.33. The van der Waals surface area contributed by atoms with Crippen LogP contribution in [0.3, 0.4) is 0 Å². The lowest BCUT2D eigenvalue weighted by molar-refractivity contribution is -0.123. The maximum absolute atomic E-state index is 15.1. The standard InChI is InChI=1S/C27H26F2N4O3S/c1-2-27(28,29)21-12-17(19-11-18-5-3-4-6-22(18)31-14-19)7-8-24(21)37(35,36)20-13-23(32-15-20)25(34)33-26(16-30)9-10-26/h2-8,12,14,19-20,23,32H,1,9-11,13,15H2,(H,33,34). The van der Waals surface area contributed by atoms with E-state index >= 15 is 8.78 Å². The van der Waals surface area contributed by atoms with Gasteiger partial charge in [0.1, 0.15) is 5.54 Å². The van der Waals surface area contributed by atoms with E-state index in [1.165, 1.54) is 12.1 Å². The van der Waals surface area contributed by atoms with Crippen LogP contribution in [0, 0.1) is 11.3 Å². The lowest BCUT2D eigenvalue weighted by Crippen LogP contribution is -2.45. The maximum Gasteiger partial charge on any atom is 0.292 e. The van der Waals surface area contributed by atoms with Crippen molar-refractivity contribution in [2.75, 3.05) is 6.54 Å². The van der Waals surface area contributed by atoms with Crippen LogP contribution in [0.4, 0.5) is 14.5 Å². The summed E-state index contributed by atoms with van der Waals surface area (Å²) in [7, 11) is -4.23. The summed E-state index contributed by atoms with van der Waals surface area (Å²) in [6, 6.07) is 12.8. The van der Waals surface area contributed by atoms with Crippen LogP contribution in [-0.4, -0.2) is 43.9 Å². The third-order valence-electron chi connectivity index (χ3n) is 7.35. The van der Waals surface area contributed by atoms with Crippen molar-refractivity contribution in [2.45, 2.75) is 59.2 Å². The molecule has 3 aliphatic rings. The minimum absolute atomic E-state index is 0.0626. The van der Waals surface area contributed by atoms with Crippen LogP contribution in [0.1, 0.15) is 41.9 Å². The molecule has 0 aromatic heterocycles. The molecule has 2 N–H and O–H groups in total. The smallest absolute Gasteiger partial charge is 0.292 e. The van der Waals surface area contributed by atoms with E-state index in [4.69, 9.17) is 0 Å². The van der Waals surface area contributed by atoms with Gasteiger partial charge in [-0.15, -0.1) is 0 Å². The van der Waals surface area contributed by atoms with Gasteiger partial charge in [0, 0.05) is 24.2 Å². The summed E-state index contributed by atoms with van der Waals surface area (Å²) in [6.07, 6.45) is 3.71. The molecule has 192 valence electrons. The number of benzene rings is 2. The van der Waals surface area contributed by atoms with E-state index in [1.54, 1.807) is 12.3 Å². The molecule has 5 rings (SSSR count). The first-order valence-corrected chi connectivity index (χ1v) is 13.6. The lowest BCUT2D eigenvalue weighted by Gasteiger charge is -2.23. The minimum atomic E-state index is -4.23. The van der Waals surface area contributed by atoms with Crippen molar-refractivity contribution in [1.29, 1.82) is 5.26 Å². The Morgan fingerprint density at radius 2 is 2.03 bits per heavy atom. The summed E-state index contributed by atoms with van der Waals surface area (Å²) < 4.78 is 57.3. The average Bonchev–Trinajstić information content (AvgIpc) is 3.48. The van der Waals surface area contributed by atoms with E-state index in [0.29, 0.717) is 30.9 Å². The van der Waals surface area contributed by atoms with Crippen LogP contribution in [-0.2, 0) is 27.0 Å². The quantitative estimate of drug-likeness (QED) is 0.537. The highest BCUT2D eigenvalue weighted by molar-refractivity contribution is 7.92. The molecule has 2 aromatic carbocycles. The molecule has 0 radical (unpaired) electrons. The number of nitrogens with zero attached hydrogens (tertiary/aromatic N) is 2. The fourth-order valence-corrected chi connectivity index (χ4v) is 6.78. The van der Waals surface area contributed by atoms with E-state index in [9.17, 15) is 18.5 Å². The minimum Gasteiger partial charge on any atom is -0.336 e. The number of fused-ring (bicyclic) bond motifs is 1. The number of hydrogen-bond donors (Lipinski definition) is 2. The molecule has 0 bridgehead atoms. The molecule has 10 heteroatoms. The molecule has 0 spiro atoms. The predicted molar refractivity (Wildman–Crippen MR) is 135 cm³/mol. The van der Waals surface area contributed by atoms with Crippen molar-refractivity contribution >= 4 is 27.6 Å². The molecule has 37 heavy (non-hydrogen) atoms. The highest BCUT2D eigenvalue weighted by Crippen LogP contribution is 2.40. The molecule has 3 unspecified atom stereocenters. The molecule has 7 nitrogen and oxygen atoms in total. The summed E-state index contributed by atoms with van der Waals surface area (Å²) in [5, 5.41) is 13.7. The molecule has 1 saturated carbocycles. The number of nitrogens with one attached hydrogen (secondary N) is 2. The molecule has 2 aliphatic heterocycles. The molecule has 3 atom stereocenters. The van der Waals surface area contributed by atoms with E-state index in [-0.39, 0.29) is 18.9 Å². The number of hydrogen-bond acceptors (Lipinski definition) is 6. The Balaban J connectivity index is 1.42. The second-order valence-electron chi connectivity index (χ2n) is 9.85. The summed E-state index contributed by atoms with van der Waals surface area (Å²) >= 11 is 0. The number of rotatable bonds is 7. The van der Waals surface area contributed by atoms with Crippen LogP contribution >= 0.6 is 0 Å². The number of amides is 1. The van der Waals surface area contributed by atoms with Crippen molar-refractivity contribution in [2.24, 2.45) is 4.99 Å². The third kappa shape index (κ3) is 4.69. The van der Waals surface area contributed by atoms with E-state index in [1.807, 2.05) is 24.3 Å². The first-order valence-electron chi connectivity index (χ1n) is 12.1. The zero-order valence-electron chi connectivity index (χ0n) is 20.0. The average molecular weight is 525 g/mol. The number of aliphatic imine (C=N–C) groups is 1. The Bertz CT molecular complexity index is 1440. The molecule has 2 fully saturated rings. The zero-order valence-corrected chi connectivity index (χ0v) is 20.8. The van der Waals surface area contributed by atoms with Crippen LogP contribution in [0.2, 0.25) is 0 Å². The zero-order chi connectivity index (χ0) is 26.4. The molecule has 2 aromatic rings. The van der Waals surface area contributed by atoms with Crippen molar-refractivity contribution < 1.29 is 22.0 Å². The van der Waals surface area contributed by atoms with Gasteiger partial charge in [-0.3, -0.25) is 9.79 Å². The summed E-state index contributed by atoms with van der Waals surface area (Å²) in [6.45, 7) is 3.16. The van der Waals surface area contributed by atoms with Gasteiger partial charge in [-0.1, -0.05) is 30.8 Å². The third-order valence-corrected chi connectivity index (χ3v) is 9.56. The lowest BCUT2D eigenvalue weighted by atomic mass is 9.89. The molecule has 1 amide bonds. The van der Waals surface area contributed by atoms with Crippen LogP contribution in [0.25, 0.3) is 0 Å². The molecular weight excluding hydrogens is 498 g/mol. The first-order chi connectivity index (χ1) is 17.6. The van der Waals surface area contributed by atoms with E-state index in [0.717, 1.165) is 11.3 Å². The second-order valence-corrected chi connectivity index (χ2v) is 12.0. The molecule has 1 saturated heterocycles. The fourth-order valence-electron chi connectivity index (χ4n) is 4.90. The topological polar surface area (TPSA) is 111 Å². The van der Waals surface area contributed by atoms with Crippen LogP contribution in [0.15, 0.2) is 65.0 Å². The second kappa shape index (κ2) is 9.15. The number of carbonyl (C=O) groups excluding carboxylic acids is 1. The van der Waals surface area contributed by atoms with Gasteiger partial charge >= 0.3 is 0 Å². The summed E-state index contributed by atoms with van der Waals surface area (Å²) in [5.41, 5.74) is 0.815. The SMILES string of the molecule is C=CC(F)(F)c1cc(C2C=Nc3ccccc3C2)ccc1S(=O)(=O)C1CNC(C(=O)NC2(C#N)CC2)C1. The number of halogens is 2. The Labute approximate surface area is 214 Å². The molecule has 1 aliphatic carbocycles. The predicted octanol–water partition coefficient (Wildman–Crippen LogP) is 3.68. The number of allylic oxidation sites excluding steroid dienone is 1. The van der Waals surface area contributed by atoms with Crippen molar-refractivity contribution in [3.8, 4) is 6.07 Å². The molecule has 2 heterocycles. The molecular formula is C27H26F2N4O3S. The number of carbonyl (C=O) groups is 1. The van der Waals surface area contributed by atoms with Crippen LogP contribution in [0.5, 0.6) is 0 Å². The Morgan fingerprint density at radius 1 is 1.27 bits per heavy atom. The van der Waals surface area contributed by atoms with Crippen molar-refractivity contribution in [1.82, 2.24) is 10.6 Å². The number of sulfone groups is 1. The Morgan fingerprint density at radius 3 is 2.73 bits per heavy atom. The maximum atomic E-state index is 15.1. The fraction of sp³-hybridized carbons (Fsp3) is 0.370. The van der Waals surface area contributed by atoms with Gasteiger partial charge in [-0.2, -0.15) is 14.0 Å². The number of nitriles is 1. The summed E-state index contributed by atoms with van der Waals surface area (Å²) in [4.78, 5) is 16.5. The van der Waals surface area contributed by atoms with Gasteiger partial charge in [0.25, 0.3) is 5.92 Å². The van der Waals surface area contributed by atoms with Crippen LogP contribution < -0.4 is 10.6 Å². The number of para-hydroxylation sites is 1. The van der Waals surface area contributed by atoms with Gasteiger partial charge in [0.2, 0.25) is 5.91 Å². The van der Waals surface area contributed by atoms with Gasteiger partial charge < -0.3 is 10.6 Å². The van der Waals surface area contributed by atoms with Gasteiger partial charge in [-0.05, 0) is 61.1 Å². The number of alkyl halides is 2. The highest BCUT2D eigenvalue weighted by Gasteiger charge is 2.48. The Kier molecular flexibility index (Phi) is 6.24. The van der Waals surface area contributed by atoms with Gasteiger partial charge in [0.05, 0.1) is 27.9 Å². The Hall–Kier alpha value is -3.42. The largest absolute Gasteiger partial charge is 0.336 e. The first kappa shape index (κ1) is 25.2. The van der Waals surface area contributed by atoms with Crippen molar-refractivity contribution in [3.05, 3.63) is 71.8 Å². The van der Waals surface area contributed by atoms with Gasteiger partial charge in [0.15, 0.2) is 9.84 Å². The monoisotopic (exact) mass is 524 g/mol. The van der Waals surface area contributed by atoms with E-state index in [2.05, 4.69) is 28.3 Å². The highest BCUT2D eigenvalue weighted by atomic mass is 32.2. The van der Waals surface area contributed by atoms with Crippen molar-refractivity contribution in [3.63, 3.8) is 0 Å². The normalized spacial score (nSPS) is 24.1. The van der Waals surface area contributed by atoms with E-state index < -0.39 is 49.0 Å².